The van der Waals surface area contributed by atoms with Crippen LogP contribution >= 0.6 is 0 Å². The minimum atomic E-state index is -6.36. The molecular weight excluding hydrogens is 416 g/mol. The molecule has 2 nitrogen and oxygen atoms in total. The van der Waals surface area contributed by atoms with Gasteiger partial charge in [0, 0.05) is 5.92 Å². The Morgan fingerprint density at radius 2 is 1.19 bits per heavy atom. The minimum Gasteiger partial charge on any atom is -0.373 e. The van der Waals surface area contributed by atoms with Crippen LogP contribution in [0.2, 0.25) is 0 Å². The van der Waals surface area contributed by atoms with Crippen LogP contribution in [0.5, 0.6) is 0 Å². The SMILES string of the molecule is OC(C(F)(F)F)(C(F)(F)F)C12C3OC(C(F)(F)F)(C(F)(F)F)C4C1[C@H]2C[C@H]34. The van der Waals surface area contributed by atoms with E-state index in [1.165, 1.54) is 0 Å². The van der Waals surface area contributed by atoms with Crippen LogP contribution in [-0.2, 0) is 4.74 Å². The van der Waals surface area contributed by atoms with E-state index in [0.717, 1.165) is 0 Å². The quantitative estimate of drug-likeness (QED) is 0.646. The summed E-state index contributed by atoms with van der Waals surface area (Å²) < 4.78 is 163. The molecule has 1 heterocycles. The summed E-state index contributed by atoms with van der Waals surface area (Å²) in [5.74, 6) is -8.52. The maximum absolute atomic E-state index is 13.3. The maximum atomic E-state index is 13.3. The predicted octanol–water partition coefficient (Wildman–Crippen LogP) is 3.99. The highest BCUT2D eigenvalue weighted by molar-refractivity contribution is 5.43. The Labute approximate surface area is 141 Å². The standard InChI is InChI=1S/C13H8F12O2/c14-10(15,16)8(11(17,18)19)4-2-1-3-5(4)7(3,6(2)27-8)9(26,12(20,21)22)13(23,24)25/h2-6,26H,1H2/t2-,3+,4?,5?,6?,7?/m0/s1. The molecule has 0 spiro atoms. The predicted molar refractivity (Wildman–Crippen MR) is 57.8 cm³/mol. The Kier molecular flexibility index (Phi) is 3.10. The lowest BCUT2D eigenvalue weighted by atomic mass is 9.75. The van der Waals surface area contributed by atoms with Crippen LogP contribution in [0.25, 0.3) is 0 Å². The van der Waals surface area contributed by atoms with E-state index in [0.29, 0.717) is 0 Å². The van der Waals surface area contributed by atoms with Gasteiger partial charge >= 0.3 is 24.7 Å². The van der Waals surface area contributed by atoms with Crippen LogP contribution in [0.1, 0.15) is 6.42 Å². The average Bonchev–Trinajstić information content (AvgIpc) is 2.79. The molecule has 0 aromatic rings. The third-order valence-corrected chi connectivity index (χ3v) is 6.80. The monoisotopic (exact) mass is 424 g/mol. The lowest BCUT2D eigenvalue weighted by Gasteiger charge is -2.46. The number of aliphatic hydroxyl groups is 1. The highest BCUT2D eigenvalue weighted by atomic mass is 19.4. The highest BCUT2D eigenvalue weighted by Gasteiger charge is 3.05. The first kappa shape index (κ1) is 19.4. The van der Waals surface area contributed by atoms with Crippen molar-refractivity contribution in [3.8, 4) is 0 Å². The summed E-state index contributed by atoms with van der Waals surface area (Å²) in [7, 11) is 0. The van der Waals surface area contributed by atoms with Gasteiger partial charge in [-0.3, -0.25) is 0 Å². The first-order valence-electron chi connectivity index (χ1n) is 7.49. The fourth-order valence-electron chi connectivity index (χ4n) is 6.23. The number of hydrogen-bond acceptors (Lipinski definition) is 2. The van der Waals surface area contributed by atoms with E-state index < -0.39 is 77.5 Å². The third kappa shape index (κ3) is 1.61. The Morgan fingerprint density at radius 1 is 0.741 bits per heavy atom. The van der Waals surface area contributed by atoms with Gasteiger partial charge in [0.15, 0.2) is 0 Å². The molecule has 0 aromatic carbocycles. The first-order valence-corrected chi connectivity index (χ1v) is 7.49. The van der Waals surface area contributed by atoms with Crippen molar-refractivity contribution in [1.29, 1.82) is 0 Å². The molecule has 0 radical (unpaired) electrons. The molecule has 156 valence electrons. The van der Waals surface area contributed by atoms with Gasteiger partial charge in [0.25, 0.3) is 11.2 Å². The van der Waals surface area contributed by atoms with Gasteiger partial charge in [-0.05, 0) is 24.2 Å². The van der Waals surface area contributed by atoms with Crippen LogP contribution < -0.4 is 0 Å². The number of alkyl halides is 12. The maximum Gasteiger partial charge on any atom is 0.426 e. The minimum absolute atomic E-state index is 0.734. The van der Waals surface area contributed by atoms with Crippen LogP contribution in [0.3, 0.4) is 0 Å². The van der Waals surface area contributed by atoms with Crippen molar-refractivity contribution in [2.45, 2.75) is 48.4 Å². The lowest BCUT2D eigenvalue weighted by molar-refractivity contribution is -0.428. The van der Waals surface area contributed by atoms with Gasteiger partial charge in [0.1, 0.15) is 0 Å². The number of halogens is 12. The summed E-state index contributed by atoms with van der Waals surface area (Å²) in [6.07, 6.45) is -28.3. The summed E-state index contributed by atoms with van der Waals surface area (Å²) in [6.45, 7) is 0. The summed E-state index contributed by atoms with van der Waals surface area (Å²) in [4.78, 5) is 0. The van der Waals surface area contributed by atoms with Crippen molar-refractivity contribution in [3.63, 3.8) is 0 Å². The molecule has 1 saturated heterocycles. The van der Waals surface area contributed by atoms with Crippen molar-refractivity contribution in [3.05, 3.63) is 0 Å². The molecule has 5 rings (SSSR count). The first-order chi connectivity index (χ1) is 11.8. The van der Waals surface area contributed by atoms with Crippen molar-refractivity contribution in [2.75, 3.05) is 0 Å². The van der Waals surface area contributed by atoms with Gasteiger partial charge in [-0.25, -0.2) is 0 Å². The van der Waals surface area contributed by atoms with E-state index in [2.05, 4.69) is 4.74 Å². The third-order valence-electron chi connectivity index (χ3n) is 6.80. The highest BCUT2D eigenvalue weighted by Crippen LogP contribution is 2.93. The normalized spacial score (nSPS) is 42.8. The zero-order valence-electron chi connectivity index (χ0n) is 12.5. The number of rotatable bonds is 1. The van der Waals surface area contributed by atoms with Gasteiger partial charge in [-0.1, -0.05) is 0 Å². The molecule has 4 unspecified atom stereocenters. The van der Waals surface area contributed by atoms with Gasteiger partial charge in [-0.15, -0.1) is 0 Å². The van der Waals surface area contributed by atoms with Gasteiger partial charge < -0.3 is 9.84 Å². The summed E-state index contributed by atoms with van der Waals surface area (Å²) in [6, 6.07) is 0. The zero-order chi connectivity index (χ0) is 20.8. The molecule has 0 aromatic heterocycles. The summed E-state index contributed by atoms with van der Waals surface area (Å²) in [5.41, 5.74) is -13.6. The second kappa shape index (κ2) is 4.31. The molecule has 14 heteroatoms. The molecule has 27 heavy (non-hydrogen) atoms. The molecule has 4 aliphatic carbocycles. The van der Waals surface area contributed by atoms with E-state index in [-0.39, 0.29) is 0 Å². The molecule has 1 N–H and O–H groups in total. The molecule has 5 fully saturated rings. The topological polar surface area (TPSA) is 29.5 Å². The second-order valence-electron chi connectivity index (χ2n) is 7.47. The van der Waals surface area contributed by atoms with Crippen molar-refractivity contribution in [2.24, 2.45) is 29.1 Å². The Morgan fingerprint density at radius 3 is 1.52 bits per heavy atom. The molecule has 6 bridgehead atoms. The number of hydrogen-bond donors (Lipinski definition) is 1. The van der Waals surface area contributed by atoms with Crippen molar-refractivity contribution < 1.29 is 62.5 Å². The molecular formula is C13H8F12O2. The Hall–Kier alpha value is -0.920. The van der Waals surface area contributed by atoms with Crippen molar-refractivity contribution in [1.82, 2.24) is 0 Å². The Bertz CT molecular complexity index is 659. The van der Waals surface area contributed by atoms with E-state index in [1.54, 1.807) is 0 Å². The van der Waals surface area contributed by atoms with Crippen LogP contribution in [0, 0.1) is 29.1 Å². The zero-order valence-corrected chi connectivity index (χ0v) is 12.5. The number of ether oxygens (including phenoxy) is 1. The van der Waals surface area contributed by atoms with E-state index in [4.69, 9.17) is 0 Å². The molecule has 0 amide bonds. The van der Waals surface area contributed by atoms with Gasteiger partial charge in [0.2, 0.25) is 0 Å². The molecule has 6 atom stereocenters. The van der Waals surface area contributed by atoms with E-state index in [9.17, 15) is 57.8 Å². The van der Waals surface area contributed by atoms with Gasteiger partial charge in [-0.2, -0.15) is 52.7 Å². The average molecular weight is 424 g/mol. The van der Waals surface area contributed by atoms with Gasteiger partial charge in [0.05, 0.1) is 11.5 Å². The smallest absolute Gasteiger partial charge is 0.373 e. The fraction of sp³-hybridized carbons (Fsp3) is 1.00. The van der Waals surface area contributed by atoms with Crippen LogP contribution in [0.15, 0.2) is 0 Å². The summed E-state index contributed by atoms with van der Waals surface area (Å²) in [5, 5.41) is 9.69. The van der Waals surface area contributed by atoms with Crippen LogP contribution in [-0.4, -0.2) is 47.1 Å². The largest absolute Gasteiger partial charge is 0.426 e. The molecule has 4 saturated carbocycles. The molecule has 1 aliphatic heterocycles. The second-order valence-corrected chi connectivity index (χ2v) is 7.47. The van der Waals surface area contributed by atoms with Crippen molar-refractivity contribution >= 4 is 0 Å². The Balaban J connectivity index is 1.88. The fourth-order valence-corrected chi connectivity index (χ4v) is 6.23. The van der Waals surface area contributed by atoms with Crippen LogP contribution in [0.4, 0.5) is 52.7 Å². The molecule has 5 aliphatic rings. The summed E-state index contributed by atoms with van der Waals surface area (Å²) >= 11 is 0. The van der Waals surface area contributed by atoms with E-state index in [1.807, 2.05) is 0 Å². The van der Waals surface area contributed by atoms with E-state index >= 15 is 0 Å². The lowest BCUT2D eigenvalue weighted by Crippen LogP contribution is -2.69.